The topological polar surface area (TPSA) is 37.3 Å². The van der Waals surface area contributed by atoms with Crippen LogP contribution in [0.25, 0.3) is 0 Å². The highest BCUT2D eigenvalue weighted by Gasteiger charge is 2.31. The molecule has 1 aliphatic rings. The molecular formula is C7H13BrO2. The molecule has 1 fully saturated rings. The van der Waals surface area contributed by atoms with Gasteiger partial charge >= 0.3 is 0 Å². The van der Waals surface area contributed by atoms with Crippen LogP contribution in [0.3, 0.4) is 0 Å². The number of hydrogen-bond donors (Lipinski definition) is 1. The highest BCUT2D eigenvalue weighted by Crippen LogP contribution is 2.42. The van der Waals surface area contributed by atoms with Gasteiger partial charge in [-0.25, -0.2) is 0 Å². The van der Waals surface area contributed by atoms with E-state index in [9.17, 15) is 0 Å². The van der Waals surface area contributed by atoms with Crippen molar-refractivity contribution in [3.8, 4) is 0 Å². The van der Waals surface area contributed by atoms with Gasteiger partial charge in [0.05, 0.1) is 0 Å². The predicted octanol–water partition coefficient (Wildman–Crippen LogP) is 2.41. The Hall–Kier alpha value is -0.0500. The fourth-order valence-corrected chi connectivity index (χ4v) is 1.47. The van der Waals surface area contributed by atoms with Gasteiger partial charge in [-0.1, -0.05) is 29.3 Å². The molecule has 0 radical (unpaired) electrons. The normalized spacial score (nSPS) is 19.8. The van der Waals surface area contributed by atoms with Gasteiger partial charge in [0.1, 0.15) is 0 Å². The molecule has 1 aliphatic carbocycles. The first-order valence-corrected chi connectivity index (χ1v) is 4.24. The number of rotatable bonds is 1. The molecule has 0 aromatic rings. The van der Waals surface area contributed by atoms with Crippen LogP contribution in [0.4, 0.5) is 0 Å². The minimum Gasteiger partial charge on any atom is -0.483 e. The molecule has 2 nitrogen and oxygen atoms in total. The summed E-state index contributed by atoms with van der Waals surface area (Å²) in [6.45, 7) is 1.99. The molecule has 3 heteroatoms. The van der Waals surface area contributed by atoms with Gasteiger partial charge in [-0.05, 0) is 19.3 Å². The number of carbonyl (C=O) groups is 1. The summed E-state index contributed by atoms with van der Waals surface area (Å²) in [6, 6.07) is 0. The zero-order chi connectivity index (χ0) is 8.04. The molecule has 0 aliphatic heterocycles. The molecule has 0 aromatic carbocycles. The standard InChI is InChI=1S/C6H11Br.CH2O2/c1-2-6(7)4-3-5-6;2-1-3/h2-5H2,1H3;1H,(H,2,3). The van der Waals surface area contributed by atoms with Gasteiger partial charge in [-0.3, -0.25) is 4.79 Å². The van der Waals surface area contributed by atoms with Crippen LogP contribution in [0.15, 0.2) is 0 Å². The third-order valence-electron chi connectivity index (χ3n) is 1.88. The summed E-state index contributed by atoms with van der Waals surface area (Å²) in [5.41, 5.74) is 0. The van der Waals surface area contributed by atoms with E-state index in [4.69, 9.17) is 9.90 Å². The van der Waals surface area contributed by atoms with Gasteiger partial charge in [0.2, 0.25) is 0 Å². The highest BCUT2D eigenvalue weighted by atomic mass is 79.9. The molecule has 1 N–H and O–H groups in total. The van der Waals surface area contributed by atoms with E-state index in [0.29, 0.717) is 4.32 Å². The van der Waals surface area contributed by atoms with Crippen LogP contribution < -0.4 is 0 Å². The second-order valence-electron chi connectivity index (χ2n) is 2.46. The summed E-state index contributed by atoms with van der Waals surface area (Å²) in [6.07, 6.45) is 5.51. The smallest absolute Gasteiger partial charge is 0.290 e. The van der Waals surface area contributed by atoms with Crippen LogP contribution >= 0.6 is 15.9 Å². The Morgan fingerprint density at radius 2 is 2.10 bits per heavy atom. The van der Waals surface area contributed by atoms with Gasteiger partial charge in [0, 0.05) is 4.32 Å². The van der Waals surface area contributed by atoms with Crippen LogP contribution in [0, 0.1) is 0 Å². The molecule has 0 amide bonds. The van der Waals surface area contributed by atoms with Crippen molar-refractivity contribution in [2.75, 3.05) is 0 Å². The third kappa shape index (κ3) is 3.20. The fourth-order valence-electron chi connectivity index (χ4n) is 0.914. The second-order valence-corrected chi connectivity index (χ2v) is 4.15. The summed E-state index contributed by atoms with van der Waals surface area (Å²) in [5.74, 6) is 0. The molecule has 0 atom stereocenters. The Kier molecular flexibility index (Phi) is 4.69. The molecule has 10 heavy (non-hydrogen) atoms. The van der Waals surface area contributed by atoms with E-state index in [1.807, 2.05) is 0 Å². The van der Waals surface area contributed by atoms with Gasteiger partial charge in [-0.15, -0.1) is 0 Å². The molecule has 0 unspecified atom stereocenters. The third-order valence-corrected chi connectivity index (χ3v) is 3.24. The minimum atomic E-state index is -0.250. The Labute approximate surface area is 69.8 Å². The van der Waals surface area contributed by atoms with Crippen molar-refractivity contribution < 1.29 is 9.90 Å². The van der Waals surface area contributed by atoms with Crippen molar-refractivity contribution >= 4 is 22.4 Å². The van der Waals surface area contributed by atoms with Crippen LogP contribution in [0.5, 0.6) is 0 Å². The van der Waals surface area contributed by atoms with Crippen molar-refractivity contribution in [3.05, 3.63) is 0 Å². The van der Waals surface area contributed by atoms with Crippen molar-refractivity contribution in [3.63, 3.8) is 0 Å². The number of hydrogen-bond acceptors (Lipinski definition) is 1. The molecule has 0 spiro atoms. The molecule has 0 saturated heterocycles. The first-order valence-electron chi connectivity index (χ1n) is 3.45. The van der Waals surface area contributed by atoms with Gasteiger partial charge < -0.3 is 5.11 Å². The van der Waals surface area contributed by atoms with E-state index in [-0.39, 0.29) is 6.47 Å². The van der Waals surface area contributed by atoms with Gasteiger partial charge in [-0.2, -0.15) is 0 Å². The van der Waals surface area contributed by atoms with Crippen LogP contribution in [-0.2, 0) is 4.79 Å². The summed E-state index contributed by atoms with van der Waals surface area (Å²) in [4.78, 5) is 8.36. The highest BCUT2D eigenvalue weighted by molar-refractivity contribution is 9.10. The Morgan fingerprint density at radius 1 is 1.70 bits per heavy atom. The maximum atomic E-state index is 8.36. The lowest BCUT2D eigenvalue weighted by molar-refractivity contribution is -0.122. The fraction of sp³-hybridized carbons (Fsp3) is 0.857. The molecule has 60 valence electrons. The first kappa shape index (κ1) is 9.95. The lowest BCUT2D eigenvalue weighted by Gasteiger charge is -2.34. The van der Waals surface area contributed by atoms with E-state index in [1.54, 1.807) is 0 Å². The maximum absolute atomic E-state index is 8.36. The maximum Gasteiger partial charge on any atom is 0.290 e. The first-order chi connectivity index (χ1) is 4.68. The Bertz CT molecular complexity index is 94.3. The molecule has 0 heterocycles. The van der Waals surface area contributed by atoms with Crippen LogP contribution in [0.1, 0.15) is 32.6 Å². The Morgan fingerprint density at radius 3 is 2.10 bits per heavy atom. The van der Waals surface area contributed by atoms with Gasteiger partial charge in [0.15, 0.2) is 0 Å². The minimum absolute atomic E-state index is 0.250. The number of halogens is 1. The van der Waals surface area contributed by atoms with Crippen LogP contribution in [0.2, 0.25) is 0 Å². The number of carboxylic acid groups (broad SMARTS) is 1. The molecule has 1 rings (SSSR count). The summed E-state index contributed by atoms with van der Waals surface area (Å²) in [5, 5.41) is 6.89. The zero-order valence-corrected chi connectivity index (χ0v) is 7.73. The van der Waals surface area contributed by atoms with E-state index >= 15 is 0 Å². The lowest BCUT2D eigenvalue weighted by Crippen LogP contribution is -2.28. The second kappa shape index (κ2) is 4.72. The van der Waals surface area contributed by atoms with Crippen molar-refractivity contribution in [1.29, 1.82) is 0 Å². The molecule has 1 saturated carbocycles. The monoisotopic (exact) mass is 208 g/mol. The molecular weight excluding hydrogens is 196 g/mol. The van der Waals surface area contributed by atoms with E-state index < -0.39 is 0 Å². The van der Waals surface area contributed by atoms with Crippen molar-refractivity contribution in [2.24, 2.45) is 0 Å². The quantitative estimate of drug-likeness (QED) is 0.531. The van der Waals surface area contributed by atoms with E-state index in [0.717, 1.165) is 0 Å². The molecule has 0 aromatic heterocycles. The average Bonchev–Trinajstić information content (AvgIpc) is 1.85. The van der Waals surface area contributed by atoms with E-state index in [2.05, 4.69) is 22.9 Å². The Balaban J connectivity index is 0.000000236. The lowest BCUT2D eigenvalue weighted by atomic mass is 9.83. The van der Waals surface area contributed by atoms with Crippen molar-refractivity contribution in [2.45, 2.75) is 36.9 Å². The summed E-state index contributed by atoms with van der Waals surface area (Å²) < 4.78 is 0.576. The van der Waals surface area contributed by atoms with E-state index in [1.165, 1.54) is 25.7 Å². The summed E-state index contributed by atoms with van der Waals surface area (Å²) >= 11 is 3.67. The number of alkyl halides is 1. The molecule has 0 bridgehead atoms. The average molecular weight is 209 g/mol. The van der Waals surface area contributed by atoms with Crippen molar-refractivity contribution in [1.82, 2.24) is 0 Å². The largest absolute Gasteiger partial charge is 0.483 e. The predicted molar refractivity (Wildman–Crippen MR) is 44.5 cm³/mol. The van der Waals surface area contributed by atoms with Crippen LogP contribution in [-0.4, -0.2) is 15.9 Å². The SMILES string of the molecule is CCC1(Br)CCC1.O=CO. The van der Waals surface area contributed by atoms with Gasteiger partial charge in [0.25, 0.3) is 6.47 Å². The summed E-state index contributed by atoms with van der Waals surface area (Å²) in [7, 11) is 0. The zero-order valence-electron chi connectivity index (χ0n) is 6.14.